The van der Waals surface area contributed by atoms with Crippen molar-refractivity contribution >= 4 is 28.3 Å². The summed E-state index contributed by atoms with van der Waals surface area (Å²) in [6.45, 7) is 0.802. The smallest absolute Gasteiger partial charge is 0.0571 e. The molecule has 3 nitrogen and oxygen atoms in total. The minimum Gasteiger partial charge on any atom is -0.379 e. The first kappa shape index (κ1) is 10.5. The molecule has 0 fully saturated rings. The second-order valence-electron chi connectivity index (χ2n) is 3.31. The molecule has 0 radical (unpaired) electrons. The number of hydrogen-bond donors (Lipinski definition) is 1. The summed E-state index contributed by atoms with van der Waals surface area (Å²) >= 11 is 2.31. The number of hydrogen-bond acceptors (Lipinski definition) is 2. The van der Waals surface area contributed by atoms with Gasteiger partial charge in [-0.25, -0.2) is 0 Å². The van der Waals surface area contributed by atoms with Gasteiger partial charge in [-0.3, -0.25) is 4.68 Å². The van der Waals surface area contributed by atoms with Crippen LogP contribution in [-0.4, -0.2) is 9.78 Å². The fraction of sp³-hybridized carbons (Fsp3) is 0.182. The van der Waals surface area contributed by atoms with E-state index in [9.17, 15) is 0 Å². The number of aromatic nitrogens is 2. The summed E-state index contributed by atoms with van der Waals surface area (Å²) in [4.78, 5) is 0. The molecule has 0 saturated carbocycles. The van der Waals surface area contributed by atoms with Crippen molar-refractivity contribution < 1.29 is 0 Å². The van der Waals surface area contributed by atoms with E-state index < -0.39 is 0 Å². The number of halogens is 1. The predicted octanol–water partition coefficient (Wildman–Crippen LogP) is 2.64. The maximum absolute atomic E-state index is 4.12. The van der Waals surface area contributed by atoms with E-state index in [1.54, 1.807) is 0 Å². The maximum Gasteiger partial charge on any atom is 0.0571 e. The number of nitrogens with zero attached hydrogens (tertiary/aromatic N) is 2. The molecule has 1 aromatic carbocycles. The molecule has 2 rings (SSSR count). The molecule has 0 amide bonds. The van der Waals surface area contributed by atoms with Crippen LogP contribution in [0.4, 0.5) is 5.69 Å². The minimum absolute atomic E-state index is 0.802. The first-order valence-electron chi connectivity index (χ1n) is 4.72. The molecule has 0 aliphatic heterocycles. The van der Waals surface area contributed by atoms with E-state index in [0.29, 0.717) is 0 Å². The summed E-state index contributed by atoms with van der Waals surface area (Å²) in [6, 6.07) is 10.3. The highest BCUT2D eigenvalue weighted by molar-refractivity contribution is 14.1. The van der Waals surface area contributed by atoms with Crippen LogP contribution in [0.2, 0.25) is 0 Å². The van der Waals surface area contributed by atoms with Gasteiger partial charge in [-0.05, 0) is 46.9 Å². The molecule has 0 aliphatic rings. The summed E-state index contributed by atoms with van der Waals surface area (Å²) in [5.74, 6) is 0. The summed E-state index contributed by atoms with van der Waals surface area (Å²) in [6.07, 6.45) is 1.81. The van der Waals surface area contributed by atoms with Crippen molar-refractivity contribution in [2.24, 2.45) is 7.05 Å². The third-order valence-corrected chi connectivity index (χ3v) is 2.89. The van der Waals surface area contributed by atoms with Crippen LogP contribution in [0.1, 0.15) is 5.69 Å². The first-order valence-corrected chi connectivity index (χ1v) is 5.80. The van der Waals surface area contributed by atoms with Crippen LogP contribution in [0.25, 0.3) is 0 Å². The third-order valence-electron chi connectivity index (χ3n) is 2.22. The Morgan fingerprint density at radius 3 is 2.93 bits per heavy atom. The van der Waals surface area contributed by atoms with Gasteiger partial charge in [-0.1, -0.05) is 6.07 Å². The lowest BCUT2D eigenvalue weighted by molar-refractivity contribution is 0.720. The quantitative estimate of drug-likeness (QED) is 0.883. The number of benzene rings is 1. The lowest BCUT2D eigenvalue weighted by atomic mass is 10.3. The highest BCUT2D eigenvalue weighted by Crippen LogP contribution is 2.13. The number of rotatable bonds is 3. The van der Waals surface area contributed by atoms with Gasteiger partial charge in [0, 0.05) is 22.5 Å². The van der Waals surface area contributed by atoms with Gasteiger partial charge in [0.25, 0.3) is 0 Å². The van der Waals surface area contributed by atoms with Gasteiger partial charge in [-0.2, -0.15) is 5.10 Å². The molecule has 0 aliphatic carbocycles. The molecule has 0 atom stereocenters. The Hall–Kier alpha value is -1.04. The zero-order chi connectivity index (χ0) is 10.7. The molecule has 0 spiro atoms. The lowest BCUT2D eigenvalue weighted by Gasteiger charge is -2.06. The molecule has 0 saturated heterocycles. The van der Waals surface area contributed by atoms with Gasteiger partial charge < -0.3 is 5.32 Å². The SMILES string of the molecule is Cn1nccc1CNc1cccc(I)c1. The van der Waals surface area contributed by atoms with Gasteiger partial charge in [-0.15, -0.1) is 0 Å². The van der Waals surface area contributed by atoms with Gasteiger partial charge in [0.05, 0.1) is 12.2 Å². The Morgan fingerprint density at radius 2 is 2.27 bits per heavy atom. The van der Waals surface area contributed by atoms with Crippen molar-refractivity contribution in [2.75, 3.05) is 5.32 Å². The van der Waals surface area contributed by atoms with Crippen molar-refractivity contribution in [1.29, 1.82) is 0 Å². The van der Waals surface area contributed by atoms with E-state index in [-0.39, 0.29) is 0 Å². The van der Waals surface area contributed by atoms with Crippen molar-refractivity contribution in [3.63, 3.8) is 0 Å². The van der Waals surface area contributed by atoms with Crippen LogP contribution >= 0.6 is 22.6 Å². The fourth-order valence-corrected chi connectivity index (χ4v) is 1.91. The maximum atomic E-state index is 4.12. The van der Waals surface area contributed by atoms with E-state index in [4.69, 9.17) is 0 Å². The Morgan fingerprint density at radius 1 is 1.40 bits per heavy atom. The van der Waals surface area contributed by atoms with E-state index in [2.05, 4.69) is 51.2 Å². The molecule has 4 heteroatoms. The van der Waals surface area contributed by atoms with Crippen LogP contribution in [0.5, 0.6) is 0 Å². The van der Waals surface area contributed by atoms with E-state index in [1.165, 1.54) is 9.26 Å². The summed E-state index contributed by atoms with van der Waals surface area (Å²) < 4.78 is 3.11. The summed E-state index contributed by atoms with van der Waals surface area (Å²) in [5.41, 5.74) is 2.32. The van der Waals surface area contributed by atoms with Gasteiger partial charge >= 0.3 is 0 Å². The molecular weight excluding hydrogens is 301 g/mol. The van der Waals surface area contributed by atoms with Crippen LogP contribution in [0.3, 0.4) is 0 Å². The van der Waals surface area contributed by atoms with Gasteiger partial charge in [0.15, 0.2) is 0 Å². The van der Waals surface area contributed by atoms with E-state index >= 15 is 0 Å². The molecule has 1 heterocycles. The summed E-state index contributed by atoms with van der Waals surface area (Å²) in [7, 11) is 1.95. The van der Waals surface area contributed by atoms with E-state index in [1.807, 2.05) is 30.1 Å². The lowest BCUT2D eigenvalue weighted by Crippen LogP contribution is -2.05. The summed E-state index contributed by atoms with van der Waals surface area (Å²) in [5, 5.41) is 7.48. The highest BCUT2D eigenvalue weighted by Gasteiger charge is 1.98. The van der Waals surface area contributed by atoms with Crippen LogP contribution in [0, 0.1) is 3.57 Å². The Kier molecular flexibility index (Phi) is 3.25. The normalized spacial score (nSPS) is 10.3. The molecular formula is C11H12IN3. The first-order chi connectivity index (χ1) is 7.25. The topological polar surface area (TPSA) is 29.9 Å². The Bertz CT molecular complexity index is 451. The molecule has 2 aromatic rings. The van der Waals surface area contributed by atoms with Crippen LogP contribution < -0.4 is 5.32 Å². The number of anilines is 1. The Balaban J connectivity index is 2.02. The zero-order valence-electron chi connectivity index (χ0n) is 8.44. The average Bonchev–Trinajstić information content (AvgIpc) is 2.61. The van der Waals surface area contributed by atoms with E-state index in [0.717, 1.165) is 12.2 Å². The second-order valence-corrected chi connectivity index (χ2v) is 4.56. The zero-order valence-corrected chi connectivity index (χ0v) is 10.6. The predicted molar refractivity (Wildman–Crippen MR) is 69.7 cm³/mol. The molecule has 0 bridgehead atoms. The number of aryl methyl sites for hydroxylation is 1. The molecule has 1 N–H and O–H groups in total. The van der Waals surface area contributed by atoms with Crippen LogP contribution in [0.15, 0.2) is 36.5 Å². The van der Waals surface area contributed by atoms with Crippen LogP contribution in [-0.2, 0) is 13.6 Å². The second kappa shape index (κ2) is 4.65. The van der Waals surface area contributed by atoms with Crippen molar-refractivity contribution in [1.82, 2.24) is 9.78 Å². The number of nitrogens with one attached hydrogen (secondary N) is 1. The fourth-order valence-electron chi connectivity index (χ4n) is 1.37. The standard InChI is InChI=1S/C11H12IN3/c1-15-11(5-6-14-15)8-13-10-4-2-3-9(12)7-10/h2-7,13H,8H2,1H3. The van der Waals surface area contributed by atoms with Gasteiger partial charge in [0.1, 0.15) is 0 Å². The molecule has 0 unspecified atom stereocenters. The van der Waals surface area contributed by atoms with Crippen molar-refractivity contribution in [2.45, 2.75) is 6.54 Å². The Labute approximate surface area is 103 Å². The molecule has 78 valence electrons. The molecule has 15 heavy (non-hydrogen) atoms. The average molecular weight is 313 g/mol. The van der Waals surface area contributed by atoms with Crippen molar-refractivity contribution in [3.05, 3.63) is 45.8 Å². The van der Waals surface area contributed by atoms with Gasteiger partial charge in [0.2, 0.25) is 0 Å². The highest BCUT2D eigenvalue weighted by atomic mass is 127. The minimum atomic E-state index is 0.802. The monoisotopic (exact) mass is 313 g/mol. The third kappa shape index (κ3) is 2.71. The largest absolute Gasteiger partial charge is 0.379 e. The van der Waals surface area contributed by atoms with Crippen molar-refractivity contribution in [3.8, 4) is 0 Å². The molecule has 1 aromatic heterocycles.